The van der Waals surface area contributed by atoms with Gasteiger partial charge in [-0.1, -0.05) is 18.2 Å². The van der Waals surface area contributed by atoms with Crippen LogP contribution in [0.25, 0.3) is 0 Å². The van der Waals surface area contributed by atoms with E-state index in [9.17, 15) is 13.6 Å². The van der Waals surface area contributed by atoms with Crippen LogP contribution in [0.2, 0.25) is 0 Å². The van der Waals surface area contributed by atoms with Crippen molar-refractivity contribution < 1.29 is 18.7 Å². The second-order valence-electron chi connectivity index (χ2n) is 3.94. The summed E-state index contributed by atoms with van der Waals surface area (Å²) >= 11 is 0. The average molecular weight is 263 g/mol. The van der Waals surface area contributed by atoms with E-state index in [-0.39, 0.29) is 23.6 Å². The number of anilines is 1. The highest BCUT2D eigenvalue weighted by atomic mass is 19.1. The van der Waals surface area contributed by atoms with Crippen molar-refractivity contribution in [1.29, 1.82) is 0 Å². The number of carbonyl (C=O) groups is 1. The third-order valence-corrected chi connectivity index (χ3v) is 2.64. The Bertz CT molecular complexity index is 614. The number of benzene rings is 2. The zero-order valence-corrected chi connectivity index (χ0v) is 9.86. The van der Waals surface area contributed by atoms with Gasteiger partial charge in [-0.05, 0) is 24.3 Å². The molecule has 2 aromatic carbocycles. The molecule has 2 rings (SSSR count). The molecule has 19 heavy (non-hydrogen) atoms. The molecule has 0 radical (unpaired) electrons. The smallest absolute Gasteiger partial charge is 0.335 e. The first kappa shape index (κ1) is 13.0. The molecule has 0 aromatic heterocycles. The molecule has 2 N–H and O–H groups in total. The summed E-state index contributed by atoms with van der Waals surface area (Å²) < 4.78 is 26.9. The molecule has 0 unspecified atom stereocenters. The van der Waals surface area contributed by atoms with Crippen molar-refractivity contribution in [3.63, 3.8) is 0 Å². The minimum absolute atomic E-state index is 0.121. The van der Waals surface area contributed by atoms with Crippen LogP contribution in [0, 0.1) is 11.6 Å². The number of hydrogen-bond donors (Lipinski definition) is 2. The highest BCUT2D eigenvalue weighted by Crippen LogP contribution is 2.17. The topological polar surface area (TPSA) is 49.3 Å². The lowest BCUT2D eigenvalue weighted by Crippen LogP contribution is -2.05. The van der Waals surface area contributed by atoms with Gasteiger partial charge >= 0.3 is 5.97 Å². The first-order valence-electron chi connectivity index (χ1n) is 5.58. The van der Waals surface area contributed by atoms with E-state index >= 15 is 0 Å². The fourth-order valence-corrected chi connectivity index (χ4v) is 1.62. The Morgan fingerprint density at radius 3 is 2.47 bits per heavy atom. The molecular formula is C14H11F2NO2. The maximum absolute atomic E-state index is 13.6. The SMILES string of the molecule is O=C(O)c1ccc(NCc2ccccc2F)c(F)c1. The van der Waals surface area contributed by atoms with Crippen molar-refractivity contribution >= 4 is 11.7 Å². The zero-order chi connectivity index (χ0) is 13.8. The van der Waals surface area contributed by atoms with Gasteiger partial charge in [0, 0.05) is 12.1 Å². The van der Waals surface area contributed by atoms with Gasteiger partial charge < -0.3 is 10.4 Å². The van der Waals surface area contributed by atoms with Crippen LogP contribution < -0.4 is 5.32 Å². The molecule has 98 valence electrons. The lowest BCUT2D eigenvalue weighted by Gasteiger charge is -2.08. The number of carboxylic acid groups (broad SMARTS) is 1. The van der Waals surface area contributed by atoms with Gasteiger partial charge in [-0.15, -0.1) is 0 Å². The van der Waals surface area contributed by atoms with Crippen molar-refractivity contribution in [3.8, 4) is 0 Å². The second kappa shape index (κ2) is 5.48. The van der Waals surface area contributed by atoms with Crippen LogP contribution in [-0.2, 0) is 6.54 Å². The van der Waals surface area contributed by atoms with E-state index in [0.29, 0.717) is 5.56 Å². The first-order chi connectivity index (χ1) is 9.08. The lowest BCUT2D eigenvalue weighted by molar-refractivity contribution is 0.0696. The number of rotatable bonds is 4. The maximum Gasteiger partial charge on any atom is 0.335 e. The van der Waals surface area contributed by atoms with Gasteiger partial charge in [-0.25, -0.2) is 13.6 Å². The van der Waals surface area contributed by atoms with Gasteiger partial charge in [0.1, 0.15) is 11.6 Å². The maximum atomic E-state index is 13.6. The Kier molecular flexibility index (Phi) is 3.75. The van der Waals surface area contributed by atoms with Gasteiger partial charge in [-0.2, -0.15) is 0 Å². The molecule has 0 saturated heterocycles. The van der Waals surface area contributed by atoms with Crippen LogP contribution in [0.3, 0.4) is 0 Å². The third kappa shape index (κ3) is 3.07. The number of aromatic carboxylic acids is 1. The number of hydrogen-bond acceptors (Lipinski definition) is 2. The van der Waals surface area contributed by atoms with E-state index in [0.717, 1.165) is 6.07 Å². The quantitative estimate of drug-likeness (QED) is 0.890. The number of carboxylic acids is 1. The standard InChI is InChI=1S/C14H11F2NO2/c15-11-4-2-1-3-10(11)8-17-13-6-5-9(14(18)19)7-12(13)16/h1-7,17H,8H2,(H,18,19). The fourth-order valence-electron chi connectivity index (χ4n) is 1.62. The molecule has 5 heteroatoms. The second-order valence-corrected chi connectivity index (χ2v) is 3.94. The van der Waals surface area contributed by atoms with Crippen molar-refractivity contribution in [3.05, 3.63) is 65.2 Å². The van der Waals surface area contributed by atoms with E-state index in [2.05, 4.69) is 5.32 Å². The van der Waals surface area contributed by atoms with Gasteiger partial charge in [-0.3, -0.25) is 0 Å². The molecule has 3 nitrogen and oxygen atoms in total. The monoisotopic (exact) mass is 263 g/mol. The van der Waals surface area contributed by atoms with Crippen LogP contribution in [0.1, 0.15) is 15.9 Å². The molecule has 0 aliphatic heterocycles. The highest BCUT2D eigenvalue weighted by molar-refractivity contribution is 5.88. The summed E-state index contributed by atoms with van der Waals surface area (Å²) in [5.74, 6) is -2.26. The molecule has 0 saturated carbocycles. The van der Waals surface area contributed by atoms with Gasteiger partial charge in [0.2, 0.25) is 0 Å². The van der Waals surface area contributed by atoms with Crippen molar-refractivity contribution in [1.82, 2.24) is 0 Å². The average Bonchev–Trinajstić information content (AvgIpc) is 2.39. The molecule has 0 fully saturated rings. The van der Waals surface area contributed by atoms with E-state index in [1.807, 2.05) is 0 Å². The van der Waals surface area contributed by atoms with E-state index in [4.69, 9.17) is 5.11 Å². The highest BCUT2D eigenvalue weighted by Gasteiger charge is 2.08. The number of halogens is 2. The summed E-state index contributed by atoms with van der Waals surface area (Å²) in [5.41, 5.74) is 0.409. The molecule has 2 aromatic rings. The number of nitrogens with one attached hydrogen (secondary N) is 1. The molecule has 0 heterocycles. The summed E-state index contributed by atoms with van der Waals surface area (Å²) in [5, 5.41) is 11.4. The minimum Gasteiger partial charge on any atom is -0.478 e. The van der Waals surface area contributed by atoms with Gasteiger partial charge in [0.05, 0.1) is 11.3 Å². The molecule has 0 aliphatic carbocycles. The largest absolute Gasteiger partial charge is 0.478 e. The molecule has 0 amide bonds. The molecule has 0 atom stereocenters. The van der Waals surface area contributed by atoms with Crippen LogP contribution in [-0.4, -0.2) is 11.1 Å². The van der Waals surface area contributed by atoms with E-state index in [1.54, 1.807) is 18.2 Å². The predicted molar refractivity (Wildman–Crippen MR) is 67.1 cm³/mol. The van der Waals surface area contributed by atoms with Crippen LogP contribution in [0.4, 0.5) is 14.5 Å². The van der Waals surface area contributed by atoms with Gasteiger partial charge in [0.15, 0.2) is 0 Å². The summed E-state index contributed by atoms with van der Waals surface area (Å²) in [6, 6.07) is 9.69. The van der Waals surface area contributed by atoms with Crippen molar-refractivity contribution in [2.75, 3.05) is 5.32 Å². The molecule has 0 bridgehead atoms. The van der Waals surface area contributed by atoms with Gasteiger partial charge in [0.25, 0.3) is 0 Å². The Morgan fingerprint density at radius 1 is 1.11 bits per heavy atom. The Hall–Kier alpha value is -2.43. The van der Waals surface area contributed by atoms with Crippen LogP contribution in [0.5, 0.6) is 0 Å². The summed E-state index contributed by atoms with van der Waals surface area (Å²) in [7, 11) is 0. The first-order valence-corrected chi connectivity index (χ1v) is 5.58. The normalized spacial score (nSPS) is 10.2. The summed E-state index contributed by atoms with van der Waals surface area (Å²) in [6.45, 7) is 0.121. The summed E-state index contributed by atoms with van der Waals surface area (Å²) in [6.07, 6.45) is 0. The van der Waals surface area contributed by atoms with Crippen LogP contribution >= 0.6 is 0 Å². The zero-order valence-electron chi connectivity index (χ0n) is 9.86. The Morgan fingerprint density at radius 2 is 1.84 bits per heavy atom. The van der Waals surface area contributed by atoms with Crippen molar-refractivity contribution in [2.24, 2.45) is 0 Å². The molecule has 0 spiro atoms. The minimum atomic E-state index is -1.19. The van der Waals surface area contributed by atoms with E-state index in [1.165, 1.54) is 18.2 Å². The van der Waals surface area contributed by atoms with E-state index < -0.39 is 11.8 Å². The van der Waals surface area contributed by atoms with Crippen LogP contribution in [0.15, 0.2) is 42.5 Å². The Balaban J connectivity index is 2.12. The predicted octanol–water partition coefficient (Wildman–Crippen LogP) is 3.28. The molecular weight excluding hydrogens is 252 g/mol. The fraction of sp³-hybridized carbons (Fsp3) is 0.0714. The third-order valence-electron chi connectivity index (χ3n) is 2.64. The summed E-state index contributed by atoms with van der Waals surface area (Å²) in [4.78, 5) is 10.7. The lowest BCUT2D eigenvalue weighted by atomic mass is 10.1. The Labute approximate surface area is 108 Å². The molecule has 0 aliphatic rings. The van der Waals surface area contributed by atoms with Crippen molar-refractivity contribution in [2.45, 2.75) is 6.54 Å².